The van der Waals surface area contributed by atoms with Gasteiger partial charge in [0.25, 0.3) is 0 Å². The molecule has 0 heterocycles. The van der Waals surface area contributed by atoms with Crippen LogP contribution in [0.25, 0.3) is 5.57 Å². The highest BCUT2D eigenvalue weighted by molar-refractivity contribution is 6.84. The molecule has 0 fully saturated rings. The Morgan fingerprint density at radius 2 is 1.89 bits per heavy atom. The Labute approximate surface area is 109 Å². The molecule has 0 aliphatic heterocycles. The molecule has 0 aromatic heterocycles. The van der Waals surface area contributed by atoms with Crippen LogP contribution in [0.4, 0.5) is 4.39 Å². The van der Waals surface area contributed by atoms with Crippen molar-refractivity contribution in [2.75, 3.05) is 6.61 Å². The number of aliphatic hydroxyl groups is 1. The molecule has 0 aliphatic rings. The minimum Gasteiger partial charge on any atom is -0.396 e. The largest absolute Gasteiger partial charge is 0.396 e. The third-order valence-electron chi connectivity index (χ3n) is 2.20. The topological polar surface area (TPSA) is 20.2 Å². The van der Waals surface area contributed by atoms with E-state index in [9.17, 15) is 4.39 Å². The summed E-state index contributed by atoms with van der Waals surface area (Å²) in [4.78, 5) is 0. The molecule has 0 amide bonds. The van der Waals surface area contributed by atoms with Crippen molar-refractivity contribution < 1.29 is 9.50 Å². The van der Waals surface area contributed by atoms with Gasteiger partial charge in [0, 0.05) is 12.2 Å². The van der Waals surface area contributed by atoms with E-state index in [0.29, 0.717) is 6.42 Å². The van der Waals surface area contributed by atoms with Gasteiger partial charge in [0.1, 0.15) is 13.9 Å². The molecule has 1 nitrogen and oxygen atoms in total. The quantitative estimate of drug-likeness (QED) is 0.653. The van der Waals surface area contributed by atoms with Crippen molar-refractivity contribution in [1.82, 2.24) is 0 Å². The normalized spacial score (nSPS) is 11.9. The second kappa shape index (κ2) is 6.53. The van der Waals surface area contributed by atoms with Crippen LogP contribution in [0.5, 0.6) is 0 Å². The van der Waals surface area contributed by atoms with Gasteiger partial charge in [-0.3, -0.25) is 0 Å². The lowest BCUT2D eigenvalue weighted by molar-refractivity contribution is 0.303. The van der Waals surface area contributed by atoms with E-state index in [1.54, 1.807) is 12.1 Å². The molecule has 0 saturated heterocycles. The first-order chi connectivity index (χ1) is 8.42. The van der Waals surface area contributed by atoms with Crippen LogP contribution in [0, 0.1) is 17.3 Å². The lowest BCUT2D eigenvalue weighted by Crippen LogP contribution is -2.16. The summed E-state index contributed by atoms with van der Waals surface area (Å²) in [5.41, 5.74) is 5.05. The zero-order valence-corrected chi connectivity index (χ0v) is 12.1. The monoisotopic (exact) mass is 262 g/mol. The van der Waals surface area contributed by atoms with E-state index in [4.69, 9.17) is 5.11 Å². The van der Waals surface area contributed by atoms with Gasteiger partial charge in [0.2, 0.25) is 0 Å². The molecule has 3 heteroatoms. The smallest absolute Gasteiger partial charge is 0.129 e. The van der Waals surface area contributed by atoms with Crippen molar-refractivity contribution in [3.05, 3.63) is 41.7 Å². The summed E-state index contributed by atoms with van der Waals surface area (Å²) in [6, 6.07) is 6.30. The van der Waals surface area contributed by atoms with Gasteiger partial charge in [-0.05, 0) is 24.1 Å². The van der Waals surface area contributed by atoms with Crippen molar-refractivity contribution >= 4 is 13.6 Å². The summed E-state index contributed by atoms with van der Waals surface area (Å²) in [6.07, 6.45) is 2.47. The Morgan fingerprint density at radius 1 is 1.28 bits per heavy atom. The molecule has 0 radical (unpaired) electrons. The fourth-order valence-corrected chi connectivity index (χ4v) is 1.84. The SMILES string of the molecule is C[Si](C)(C)C#C/C(=C/CCO)c1ccc(F)cc1. The Hall–Kier alpha value is -1.37. The molecular formula is C15H19FOSi. The number of halogens is 1. The van der Waals surface area contributed by atoms with Gasteiger partial charge in [-0.15, -0.1) is 5.54 Å². The maximum absolute atomic E-state index is 12.9. The van der Waals surface area contributed by atoms with Crippen LogP contribution in [0.1, 0.15) is 12.0 Å². The number of aliphatic hydroxyl groups excluding tert-OH is 1. The molecule has 0 saturated carbocycles. The van der Waals surface area contributed by atoms with Crippen LogP contribution in [0.3, 0.4) is 0 Å². The highest BCUT2D eigenvalue weighted by Gasteiger charge is 2.08. The number of allylic oxidation sites excluding steroid dienone is 1. The molecule has 96 valence electrons. The van der Waals surface area contributed by atoms with Crippen molar-refractivity contribution in [3.63, 3.8) is 0 Å². The lowest BCUT2D eigenvalue weighted by atomic mass is 10.1. The summed E-state index contributed by atoms with van der Waals surface area (Å²) in [7, 11) is -1.44. The molecule has 0 bridgehead atoms. The maximum Gasteiger partial charge on any atom is 0.129 e. The molecule has 1 rings (SSSR count). The van der Waals surface area contributed by atoms with E-state index in [0.717, 1.165) is 11.1 Å². The number of benzene rings is 1. The minimum absolute atomic E-state index is 0.0965. The van der Waals surface area contributed by atoms with E-state index in [1.165, 1.54) is 12.1 Å². The van der Waals surface area contributed by atoms with Gasteiger partial charge in [0.05, 0.1) is 0 Å². The van der Waals surface area contributed by atoms with E-state index < -0.39 is 8.07 Å². The molecule has 1 aromatic rings. The zero-order valence-electron chi connectivity index (χ0n) is 11.1. The first kappa shape index (κ1) is 14.7. The van der Waals surface area contributed by atoms with Crippen LogP contribution in [-0.4, -0.2) is 19.8 Å². The van der Waals surface area contributed by atoms with Gasteiger partial charge < -0.3 is 5.11 Å². The predicted octanol–water partition coefficient (Wildman–Crippen LogP) is 3.47. The molecule has 1 N–H and O–H groups in total. The average Bonchev–Trinajstić information content (AvgIpc) is 2.29. The Morgan fingerprint density at radius 3 is 2.39 bits per heavy atom. The predicted molar refractivity (Wildman–Crippen MR) is 77.2 cm³/mol. The number of rotatable bonds is 3. The molecule has 0 aliphatic carbocycles. The highest BCUT2D eigenvalue weighted by Crippen LogP contribution is 2.15. The van der Waals surface area contributed by atoms with Crippen LogP contribution < -0.4 is 0 Å². The van der Waals surface area contributed by atoms with Crippen molar-refractivity contribution in [1.29, 1.82) is 0 Å². The molecule has 0 atom stereocenters. The third-order valence-corrected chi connectivity index (χ3v) is 3.08. The van der Waals surface area contributed by atoms with Gasteiger partial charge >= 0.3 is 0 Å². The first-order valence-electron chi connectivity index (χ1n) is 6.02. The molecule has 18 heavy (non-hydrogen) atoms. The van der Waals surface area contributed by atoms with Gasteiger partial charge in [0.15, 0.2) is 0 Å². The van der Waals surface area contributed by atoms with Crippen molar-refractivity contribution in [2.24, 2.45) is 0 Å². The summed E-state index contributed by atoms with van der Waals surface area (Å²) >= 11 is 0. The van der Waals surface area contributed by atoms with Crippen LogP contribution in [0.2, 0.25) is 19.6 Å². The van der Waals surface area contributed by atoms with Crippen LogP contribution >= 0.6 is 0 Å². The second-order valence-corrected chi connectivity index (χ2v) is 9.89. The Bertz CT molecular complexity index is 472. The number of hydrogen-bond donors (Lipinski definition) is 1. The van der Waals surface area contributed by atoms with Crippen LogP contribution in [0.15, 0.2) is 30.3 Å². The average molecular weight is 262 g/mol. The lowest BCUT2D eigenvalue weighted by Gasteiger charge is -2.05. The zero-order chi connectivity index (χ0) is 13.6. The fourth-order valence-electron chi connectivity index (χ4n) is 1.33. The summed E-state index contributed by atoms with van der Waals surface area (Å²) in [5.74, 6) is 2.92. The summed E-state index contributed by atoms with van der Waals surface area (Å²) in [5, 5.41) is 8.89. The van der Waals surface area contributed by atoms with E-state index >= 15 is 0 Å². The van der Waals surface area contributed by atoms with E-state index in [-0.39, 0.29) is 12.4 Å². The highest BCUT2D eigenvalue weighted by atomic mass is 28.3. The van der Waals surface area contributed by atoms with Gasteiger partial charge in [-0.1, -0.05) is 43.8 Å². The fraction of sp³-hybridized carbons (Fsp3) is 0.333. The Kier molecular flexibility index (Phi) is 5.33. The summed E-state index contributed by atoms with van der Waals surface area (Å²) in [6.45, 7) is 6.62. The molecule has 0 unspecified atom stereocenters. The number of hydrogen-bond acceptors (Lipinski definition) is 1. The Balaban J connectivity index is 3.05. The van der Waals surface area contributed by atoms with Crippen LogP contribution in [-0.2, 0) is 0 Å². The van der Waals surface area contributed by atoms with E-state index in [2.05, 4.69) is 31.1 Å². The van der Waals surface area contributed by atoms with E-state index in [1.807, 2.05) is 6.08 Å². The first-order valence-corrected chi connectivity index (χ1v) is 9.52. The third kappa shape index (κ3) is 5.31. The molecule has 1 aromatic carbocycles. The molecular weight excluding hydrogens is 243 g/mol. The summed E-state index contributed by atoms with van der Waals surface area (Å²) < 4.78 is 12.9. The minimum atomic E-state index is -1.44. The maximum atomic E-state index is 12.9. The molecule has 0 spiro atoms. The van der Waals surface area contributed by atoms with Gasteiger partial charge in [-0.25, -0.2) is 4.39 Å². The second-order valence-electron chi connectivity index (χ2n) is 5.14. The van der Waals surface area contributed by atoms with Gasteiger partial charge in [-0.2, -0.15) is 0 Å². The standard InChI is InChI=1S/C15H19FOSi/c1-18(2,3)12-10-13(5-4-11-17)14-6-8-15(16)9-7-14/h5-9,17H,4,11H2,1-3H3/b13-5-. The van der Waals surface area contributed by atoms with Crippen molar-refractivity contribution in [3.8, 4) is 11.5 Å². The van der Waals surface area contributed by atoms with Crippen molar-refractivity contribution in [2.45, 2.75) is 26.1 Å².